The molecule has 0 radical (unpaired) electrons. The van der Waals surface area contributed by atoms with Crippen LogP contribution in [0.2, 0.25) is 0 Å². The van der Waals surface area contributed by atoms with E-state index >= 15 is 0 Å². The maximum atomic E-state index is 12.5. The maximum absolute atomic E-state index is 12.5. The van der Waals surface area contributed by atoms with E-state index in [2.05, 4.69) is 26.8 Å². The molecule has 180 valence electrons. The summed E-state index contributed by atoms with van der Waals surface area (Å²) in [6.45, 7) is 9.03. The van der Waals surface area contributed by atoms with Crippen molar-refractivity contribution in [2.24, 2.45) is 5.92 Å². The molecule has 1 saturated carbocycles. The first-order valence-electron chi connectivity index (χ1n) is 11.8. The van der Waals surface area contributed by atoms with Gasteiger partial charge in [0.15, 0.2) is 0 Å². The molecule has 0 bridgehead atoms. The monoisotopic (exact) mass is 454 g/mol. The molecule has 3 fully saturated rings. The largest absolute Gasteiger partial charge is 0.456 e. The third kappa shape index (κ3) is 6.44. The van der Waals surface area contributed by atoms with Crippen LogP contribution in [0.3, 0.4) is 0 Å². The molecule has 1 spiro atoms. The summed E-state index contributed by atoms with van der Waals surface area (Å²) in [4.78, 5) is 12.5. The zero-order chi connectivity index (χ0) is 23.9. The normalized spacial score (nSPS) is 36.0. The minimum atomic E-state index is -0.363. The predicted molar refractivity (Wildman–Crippen MR) is 131 cm³/mol. The number of epoxide rings is 2. The van der Waals surface area contributed by atoms with E-state index in [9.17, 15) is 4.79 Å². The highest BCUT2D eigenvalue weighted by Gasteiger charge is 2.72. The third-order valence-electron chi connectivity index (χ3n) is 6.71. The number of methoxy groups -OCH3 is 1. The molecular formula is C28H38O5. The highest BCUT2D eigenvalue weighted by molar-refractivity contribution is 5.82. The summed E-state index contributed by atoms with van der Waals surface area (Å²) in [7, 11) is 1.69. The van der Waals surface area contributed by atoms with Crippen molar-refractivity contribution in [1.29, 1.82) is 0 Å². The molecular weight excluding hydrogens is 416 g/mol. The van der Waals surface area contributed by atoms with Crippen molar-refractivity contribution in [3.05, 3.63) is 72.4 Å². The lowest BCUT2D eigenvalue weighted by atomic mass is 9.68. The van der Waals surface area contributed by atoms with Gasteiger partial charge in [0.25, 0.3) is 0 Å². The summed E-state index contributed by atoms with van der Waals surface area (Å²) >= 11 is 0. The van der Waals surface area contributed by atoms with E-state index in [1.165, 1.54) is 11.6 Å². The van der Waals surface area contributed by atoms with Gasteiger partial charge in [-0.1, -0.05) is 66.3 Å². The van der Waals surface area contributed by atoms with Gasteiger partial charge in [0.2, 0.25) is 0 Å². The van der Waals surface area contributed by atoms with Crippen LogP contribution in [0.15, 0.2) is 72.4 Å². The predicted octanol–water partition coefficient (Wildman–Crippen LogP) is 5.41. The molecule has 0 aromatic rings. The van der Waals surface area contributed by atoms with Gasteiger partial charge in [-0.3, -0.25) is 0 Å². The number of hydrogen-bond acceptors (Lipinski definition) is 5. The molecule has 2 aliphatic heterocycles. The van der Waals surface area contributed by atoms with Crippen LogP contribution < -0.4 is 0 Å². The Balaban J connectivity index is 1.59. The molecule has 2 heterocycles. The number of allylic oxidation sites excluding steroid dienone is 10. The van der Waals surface area contributed by atoms with Crippen LogP contribution in [0.1, 0.15) is 47.0 Å². The summed E-state index contributed by atoms with van der Waals surface area (Å²) < 4.78 is 23.9. The number of rotatable bonds is 10. The number of ether oxygens (including phenoxy) is 4. The van der Waals surface area contributed by atoms with Gasteiger partial charge < -0.3 is 18.9 Å². The number of carbonyl (C=O) groups is 1. The smallest absolute Gasteiger partial charge is 0.331 e. The fraction of sp³-hybridized carbons (Fsp3) is 0.536. The Bertz CT molecular complexity index is 854. The van der Waals surface area contributed by atoms with Gasteiger partial charge in [0.05, 0.1) is 18.6 Å². The average molecular weight is 455 g/mol. The van der Waals surface area contributed by atoms with Gasteiger partial charge >= 0.3 is 5.97 Å². The zero-order valence-electron chi connectivity index (χ0n) is 20.5. The highest BCUT2D eigenvalue weighted by atomic mass is 16.6. The highest BCUT2D eigenvalue weighted by Crippen LogP contribution is 2.59. The average Bonchev–Trinajstić information content (AvgIpc) is 3.69. The molecule has 3 rings (SSSR count). The molecule has 0 amide bonds. The number of esters is 1. The topological polar surface area (TPSA) is 60.6 Å². The molecule has 0 unspecified atom stereocenters. The van der Waals surface area contributed by atoms with Gasteiger partial charge in [-0.05, 0) is 47.0 Å². The molecule has 3 aliphatic rings. The van der Waals surface area contributed by atoms with Crippen LogP contribution in [0.5, 0.6) is 0 Å². The van der Waals surface area contributed by atoms with Crippen molar-refractivity contribution < 1.29 is 23.7 Å². The second kappa shape index (κ2) is 11.3. The van der Waals surface area contributed by atoms with Gasteiger partial charge in [0, 0.05) is 13.2 Å². The molecule has 0 aromatic carbocycles. The fourth-order valence-electron chi connectivity index (χ4n) is 4.89. The SMILES string of the molecule is C/C=C/C=C/C=C/C=C/C=C/C(=O)O[C@@H]1CC[C@]2(CO2)[C@@H]([C@]2(C)O[C@H]2CC=C(C)C)[C@@H]1OC. The van der Waals surface area contributed by atoms with E-state index in [4.69, 9.17) is 18.9 Å². The molecule has 5 nitrogen and oxygen atoms in total. The van der Waals surface area contributed by atoms with Crippen molar-refractivity contribution in [1.82, 2.24) is 0 Å². The lowest BCUT2D eigenvalue weighted by Gasteiger charge is -2.42. The summed E-state index contributed by atoms with van der Waals surface area (Å²) in [5.74, 6) is -0.334. The molecule has 6 atom stereocenters. The van der Waals surface area contributed by atoms with E-state index in [0.717, 1.165) is 19.3 Å². The van der Waals surface area contributed by atoms with E-state index in [1.807, 2.05) is 49.5 Å². The Morgan fingerprint density at radius 2 is 1.70 bits per heavy atom. The lowest BCUT2D eigenvalue weighted by Crippen LogP contribution is -2.55. The van der Waals surface area contributed by atoms with Crippen LogP contribution in [0, 0.1) is 5.92 Å². The quantitative estimate of drug-likeness (QED) is 0.145. The van der Waals surface area contributed by atoms with E-state index < -0.39 is 0 Å². The van der Waals surface area contributed by atoms with Crippen molar-refractivity contribution in [2.75, 3.05) is 13.7 Å². The molecule has 0 N–H and O–H groups in total. The number of hydrogen-bond donors (Lipinski definition) is 0. The van der Waals surface area contributed by atoms with Gasteiger partial charge in [0.1, 0.15) is 23.4 Å². The second-order valence-corrected chi connectivity index (χ2v) is 9.39. The van der Waals surface area contributed by atoms with E-state index in [1.54, 1.807) is 19.3 Å². The van der Waals surface area contributed by atoms with Crippen LogP contribution in [-0.2, 0) is 23.7 Å². The van der Waals surface area contributed by atoms with Crippen LogP contribution >= 0.6 is 0 Å². The molecule has 5 heteroatoms. The molecule has 33 heavy (non-hydrogen) atoms. The van der Waals surface area contributed by atoms with Crippen LogP contribution in [0.4, 0.5) is 0 Å². The van der Waals surface area contributed by atoms with E-state index in [0.29, 0.717) is 6.61 Å². The Morgan fingerprint density at radius 1 is 1.06 bits per heavy atom. The second-order valence-electron chi connectivity index (χ2n) is 9.39. The Labute approximate surface area is 198 Å². The van der Waals surface area contributed by atoms with Crippen LogP contribution in [0.25, 0.3) is 0 Å². The molecule has 2 saturated heterocycles. The van der Waals surface area contributed by atoms with Crippen molar-refractivity contribution in [2.45, 2.75) is 76.5 Å². The Hall–Kier alpha value is -2.21. The zero-order valence-corrected chi connectivity index (χ0v) is 20.5. The minimum Gasteiger partial charge on any atom is -0.456 e. The number of carbonyl (C=O) groups excluding carboxylic acids is 1. The van der Waals surface area contributed by atoms with Crippen molar-refractivity contribution in [3.8, 4) is 0 Å². The standard InChI is InChI=1S/C28H38O5/c1-6-7-8-9-10-11-12-13-14-15-24(29)32-22-18-19-28(20-31-28)26(25(22)30-5)27(4)23(33-27)17-16-21(2)3/h6-16,22-23,25-26H,17-20H2,1-5H3/b7-6+,9-8+,11-10+,13-12+,15-14+/t22-,23+,25-,26-,27-,28+/m1/s1. The summed E-state index contributed by atoms with van der Waals surface area (Å²) in [6, 6.07) is 0. The summed E-state index contributed by atoms with van der Waals surface area (Å²) in [5.41, 5.74) is 0.732. The van der Waals surface area contributed by atoms with Gasteiger partial charge in [-0.15, -0.1) is 0 Å². The fourth-order valence-corrected chi connectivity index (χ4v) is 4.89. The first-order valence-corrected chi connectivity index (χ1v) is 11.8. The van der Waals surface area contributed by atoms with Gasteiger partial charge in [-0.25, -0.2) is 4.79 Å². The minimum absolute atomic E-state index is 0.0294. The maximum Gasteiger partial charge on any atom is 0.331 e. The Kier molecular flexibility index (Phi) is 8.69. The molecule has 1 aliphatic carbocycles. The van der Waals surface area contributed by atoms with Crippen molar-refractivity contribution in [3.63, 3.8) is 0 Å². The van der Waals surface area contributed by atoms with E-state index in [-0.39, 0.29) is 41.4 Å². The third-order valence-corrected chi connectivity index (χ3v) is 6.71. The first kappa shape index (κ1) is 25.4. The summed E-state index contributed by atoms with van der Waals surface area (Å²) in [6.07, 6.45) is 22.7. The Morgan fingerprint density at radius 3 is 2.27 bits per heavy atom. The first-order chi connectivity index (χ1) is 15.9. The molecule has 0 aromatic heterocycles. The van der Waals surface area contributed by atoms with Crippen molar-refractivity contribution >= 4 is 5.97 Å². The van der Waals surface area contributed by atoms with Gasteiger partial charge in [-0.2, -0.15) is 0 Å². The lowest BCUT2D eigenvalue weighted by molar-refractivity contribution is -0.166. The van der Waals surface area contributed by atoms with Crippen LogP contribution in [-0.4, -0.2) is 49.2 Å². The summed E-state index contributed by atoms with van der Waals surface area (Å²) in [5, 5.41) is 0.